The molecule has 1 saturated heterocycles. The molecule has 3 atom stereocenters. The van der Waals surface area contributed by atoms with Crippen LogP contribution in [-0.2, 0) is 29.2 Å². The molecule has 2 rings (SSSR count). The number of hydroxylamine groups is 1. The van der Waals surface area contributed by atoms with Crippen molar-refractivity contribution in [3.8, 4) is 0 Å². The molecule has 9 nitrogen and oxygen atoms in total. The lowest BCUT2D eigenvalue weighted by Crippen LogP contribution is -2.49. The third-order valence-electron chi connectivity index (χ3n) is 5.58. The summed E-state index contributed by atoms with van der Waals surface area (Å²) < 4.78 is 29.9. The average Bonchev–Trinajstić information content (AvgIpc) is 2.79. The van der Waals surface area contributed by atoms with Crippen molar-refractivity contribution in [2.24, 2.45) is 17.8 Å². The Kier molecular flexibility index (Phi) is 11.2. The Bertz CT molecular complexity index is 914. The Labute approximate surface area is 202 Å². The van der Waals surface area contributed by atoms with Gasteiger partial charge in [0.05, 0.1) is 18.1 Å². The largest absolute Gasteiger partial charge is 0.350 e. The standard InChI is InChI=1S/C24H37N3O6S/c1-18(2)17-21(23(28)25-27(3)34(4,30)31)20(14-10-13-19-11-6-5-7-12-19)24(29)26-33-22-15-8-9-16-32-22/h5-7,10-13,18,20-22H,8-9,14-17H2,1-4H3,(H,25,28)(H,26,29)/b13-10+/t20-,21+,22?/m0/s1. The second-order valence-corrected chi connectivity index (χ2v) is 11.0. The van der Waals surface area contributed by atoms with Crippen LogP contribution in [0, 0.1) is 17.8 Å². The minimum Gasteiger partial charge on any atom is -0.350 e. The fourth-order valence-corrected chi connectivity index (χ4v) is 3.91. The molecule has 34 heavy (non-hydrogen) atoms. The van der Waals surface area contributed by atoms with Gasteiger partial charge in [-0.15, -0.1) is 4.41 Å². The number of rotatable bonds is 12. The van der Waals surface area contributed by atoms with Crippen LogP contribution in [0.5, 0.6) is 0 Å². The fraction of sp³-hybridized carbons (Fsp3) is 0.583. The van der Waals surface area contributed by atoms with Crippen LogP contribution >= 0.6 is 0 Å². The number of ether oxygens (including phenoxy) is 1. The Hall–Kier alpha value is -2.27. The number of sulfonamides is 1. The number of carbonyl (C=O) groups is 2. The van der Waals surface area contributed by atoms with E-state index in [1.54, 1.807) is 0 Å². The smallest absolute Gasteiger partial charge is 0.247 e. The van der Waals surface area contributed by atoms with Crippen molar-refractivity contribution in [2.45, 2.75) is 52.2 Å². The van der Waals surface area contributed by atoms with Gasteiger partial charge in [-0.25, -0.2) is 18.7 Å². The summed E-state index contributed by atoms with van der Waals surface area (Å²) in [5.74, 6) is -2.45. The zero-order valence-electron chi connectivity index (χ0n) is 20.4. The van der Waals surface area contributed by atoms with E-state index in [1.807, 2.05) is 56.3 Å². The number of nitrogens with zero attached hydrogens (tertiary/aromatic N) is 1. The zero-order chi connectivity index (χ0) is 25.1. The van der Waals surface area contributed by atoms with Gasteiger partial charge in [0, 0.05) is 20.1 Å². The molecule has 1 aliphatic heterocycles. The molecule has 1 heterocycles. The first kappa shape index (κ1) is 28.0. The number of amides is 2. The van der Waals surface area contributed by atoms with Crippen LogP contribution in [0.3, 0.4) is 0 Å². The number of hydrogen-bond acceptors (Lipinski definition) is 6. The quantitative estimate of drug-likeness (QED) is 0.431. The van der Waals surface area contributed by atoms with E-state index in [0.29, 0.717) is 19.4 Å². The van der Waals surface area contributed by atoms with Crippen molar-refractivity contribution >= 4 is 27.9 Å². The molecule has 1 aromatic carbocycles. The van der Waals surface area contributed by atoms with E-state index in [4.69, 9.17) is 9.57 Å². The number of nitrogens with one attached hydrogen (secondary N) is 2. The molecule has 0 aliphatic carbocycles. The van der Waals surface area contributed by atoms with Crippen LogP contribution in [0.2, 0.25) is 0 Å². The molecule has 2 amide bonds. The van der Waals surface area contributed by atoms with Gasteiger partial charge in [-0.3, -0.25) is 15.0 Å². The first-order chi connectivity index (χ1) is 16.1. The van der Waals surface area contributed by atoms with Gasteiger partial charge in [-0.05, 0) is 37.2 Å². The maximum absolute atomic E-state index is 13.2. The molecule has 1 aromatic rings. The average molecular weight is 496 g/mol. The highest BCUT2D eigenvalue weighted by Gasteiger charge is 2.35. The highest BCUT2D eigenvalue weighted by Crippen LogP contribution is 2.26. The molecule has 1 unspecified atom stereocenters. The fourth-order valence-electron chi connectivity index (χ4n) is 3.66. The van der Waals surface area contributed by atoms with Crippen molar-refractivity contribution in [1.82, 2.24) is 15.3 Å². The van der Waals surface area contributed by atoms with E-state index < -0.39 is 40.0 Å². The normalized spacial score (nSPS) is 18.7. The third kappa shape index (κ3) is 9.54. The summed E-state index contributed by atoms with van der Waals surface area (Å²) in [4.78, 5) is 31.8. The molecule has 10 heteroatoms. The van der Waals surface area contributed by atoms with Gasteiger partial charge in [0.1, 0.15) is 0 Å². The Morgan fingerprint density at radius 1 is 1.18 bits per heavy atom. The molecule has 0 spiro atoms. The summed E-state index contributed by atoms with van der Waals surface area (Å²) in [7, 11) is -2.38. The molecule has 1 aliphatic rings. The lowest BCUT2D eigenvalue weighted by Gasteiger charge is -2.29. The predicted molar refractivity (Wildman–Crippen MR) is 130 cm³/mol. The summed E-state index contributed by atoms with van der Waals surface area (Å²) in [6.07, 6.45) is 7.43. The molecular formula is C24H37N3O6S. The summed E-state index contributed by atoms with van der Waals surface area (Å²) in [5, 5.41) is 0. The number of hydrogen-bond donors (Lipinski definition) is 2. The predicted octanol–water partition coefficient (Wildman–Crippen LogP) is 2.87. The van der Waals surface area contributed by atoms with Gasteiger partial charge in [0.25, 0.3) is 0 Å². The summed E-state index contributed by atoms with van der Waals surface area (Å²) in [5.41, 5.74) is 5.86. The van der Waals surface area contributed by atoms with Crippen LogP contribution < -0.4 is 10.9 Å². The molecule has 0 aromatic heterocycles. The van der Waals surface area contributed by atoms with Crippen LogP contribution in [0.1, 0.15) is 51.5 Å². The van der Waals surface area contributed by atoms with E-state index in [-0.39, 0.29) is 12.3 Å². The highest BCUT2D eigenvalue weighted by atomic mass is 32.2. The number of carbonyl (C=O) groups excluding carboxylic acids is 2. The highest BCUT2D eigenvalue weighted by molar-refractivity contribution is 7.88. The number of benzene rings is 1. The second kappa shape index (κ2) is 13.6. The maximum Gasteiger partial charge on any atom is 0.247 e. The lowest BCUT2D eigenvalue weighted by atomic mass is 9.82. The van der Waals surface area contributed by atoms with Crippen molar-refractivity contribution in [3.05, 3.63) is 42.0 Å². The zero-order valence-corrected chi connectivity index (χ0v) is 21.2. The van der Waals surface area contributed by atoms with E-state index in [1.165, 1.54) is 7.05 Å². The molecule has 0 saturated carbocycles. The maximum atomic E-state index is 13.2. The first-order valence-electron chi connectivity index (χ1n) is 11.6. The third-order valence-corrected chi connectivity index (χ3v) is 6.66. The minimum absolute atomic E-state index is 0.0929. The summed E-state index contributed by atoms with van der Waals surface area (Å²) in [6.45, 7) is 4.46. The SMILES string of the molecule is CC(C)C[C@@H](C(=O)NN(C)S(C)(=O)=O)[C@H](C/C=C/c1ccccc1)C(=O)NOC1CCCCO1. The molecule has 2 N–H and O–H groups in total. The van der Waals surface area contributed by atoms with Gasteiger partial charge in [-0.1, -0.05) is 56.3 Å². The Morgan fingerprint density at radius 3 is 2.47 bits per heavy atom. The van der Waals surface area contributed by atoms with E-state index in [9.17, 15) is 18.0 Å². The van der Waals surface area contributed by atoms with Crippen LogP contribution in [-0.4, -0.2) is 50.8 Å². The number of allylic oxidation sites excluding steroid dienone is 1. The Balaban J connectivity index is 2.22. The van der Waals surface area contributed by atoms with E-state index in [2.05, 4.69) is 10.9 Å². The van der Waals surface area contributed by atoms with Crippen LogP contribution in [0.4, 0.5) is 0 Å². The van der Waals surface area contributed by atoms with E-state index >= 15 is 0 Å². The molecular weight excluding hydrogens is 458 g/mol. The molecule has 190 valence electrons. The van der Waals surface area contributed by atoms with Crippen molar-refractivity contribution in [1.29, 1.82) is 0 Å². The van der Waals surface area contributed by atoms with Gasteiger partial charge in [0.15, 0.2) is 6.29 Å². The second-order valence-electron chi connectivity index (χ2n) is 8.98. The van der Waals surface area contributed by atoms with E-state index in [0.717, 1.165) is 29.1 Å². The monoisotopic (exact) mass is 495 g/mol. The minimum atomic E-state index is -3.64. The summed E-state index contributed by atoms with van der Waals surface area (Å²) in [6, 6.07) is 9.62. The topological polar surface area (TPSA) is 114 Å². The Morgan fingerprint density at radius 2 is 1.88 bits per heavy atom. The van der Waals surface area contributed by atoms with Gasteiger partial charge in [0.2, 0.25) is 21.8 Å². The van der Waals surface area contributed by atoms with Gasteiger partial charge >= 0.3 is 0 Å². The van der Waals surface area contributed by atoms with Gasteiger partial charge in [-0.2, -0.15) is 0 Å². The number of hydrazine groups is 1. The van der Waals surface area contributed by atoms with Crippen LogP contribution in [0.15, 0.2) is 36.4 Å². The molecule has 0 bridgehead atoms. The van der Waals surface area contributed by atoms with Crippen molar-refractivity contribution in [3.63, 3.8) is 0 Å². The molecule has 0 radical (unpaired) electrons. The van der Waals surface area contributed by atoms with Gasteiger partial charge < -0.3 is 4.74 Å². The van der Waals surface area contributed by atoms with Crippen molar-refractivity contribution < 1.29 is 27.6 Å². The first-order valence-corrected chi connectivity index (χ1v) is 13.5. The molecule has 1 fully saturated rings. The lowest BCUT2D eigenvalue weighted by molar-refractivity contribution is -0.203. The summed E-state index contributed by atoms with van der Waals surface area (Å²) >= 11 is 0. The van der Waals surface area contributed by atoms with Crippen molar-refractivity contribution in [2.75, 3.05) is 19.9 Å². The van der Waals surface area contributed by atoms with Crippen LogP contribution in [0.25, 0.3) is 6.08 Å².